The fourth-order valence-electron chi connectivity index (χ4n) is 4.85. The number of fused-ring (bicyclic) bond motifs is 3. The minimum Gasteiger partial charge on any atom is -0.358 e. The summed E-state index contributed by atoms with van der Waals surface area (Å²) in [6, 6.07) is 12.5. The van der Waals surface area contributed by atoms with Crippen molar-refractivity contribution in [2.75, 3.05) is 31.1 Å². The maximum atomic E-state index is 12.8. The molecule has 4 heterocycles. The first-order valence-corrected chi connectivity index (χ1v) is 10.5. The number of aromatic nitrogens is 2. The molecule has 6 nitrogen and oxygen atoms in total. The van der Waals surface area contributed by atoms with Crippen molar-refractivity contribution < 1.29 is 4.79 Å². The lowest BCUT2D eigenvalue weighted by Crippen LogP contribution is -2.42. The molecule has 1 amide bonds. The Hall–Kier alpha value is -3.07. The molecule has 2 aliphatic heterocycles. The second-order valence-electron chi connectivity index (χ2n) is 8.23. The van der Waals surface area contributed by atoms with Crippen LogP contribution in [0, 0.1) is 24.2 Å². The van der Waals surface area contributed by atoms with Crippen molar-refractivity contribution in [2.24, 2.45) is 5.92 Å². The molecule has 2 fully saturated rings. The number of pyridine rings is 1. The van der Waals surface area contributed by atoms with Gasteiger partial charge in [-0.1, -0.05) is 12.1 Å². The van der Waals surface area contributed by atoms with Gasteiger partial charge in [-0.2, -0.15) is 5.26 Å². The Kier molecular flexibility index (Phi) is 4.39. The van der Waals surface area contributed by atoms with E-state index in [4.69, 9.17) is 4.98 Å². The smallest absolute Gasteiger partial charge is 0.225 e. The van der Waals surface area contributed by atoms with Crippen molar-refractivity contribution in [1.29, 1.82) is 5.26 Å². The Balaban J connectivity index is 1.49. The zero-order valence-corrected chi connectivity index (χ0v) is 16.8. The van der Waals surface area contributed by atoms with Crippen molar-refractivity contribution in [1.82, 2.24) is 14.3 Å². The first-order valence-electron chi connectivity index (χ1n) is 10.5. The number of aryl methyl sites for hydroxylation is 1. The number of likely N-dealkylation sites (tertiary alicyclic amines) is 1. The van der Waals surface area contributed by atoms with E-state index >= 15 is 0 Å². The normalized spacial score (nSPS) is 17.9. The van der Waals surface area contributed by atoms with Gasteiger partial charge in [0.05, 0.1) is 16.6 Å². The molecule has 2 aromatic heterocycles. The number of carbonyl (C=O) groups is 1. The number of hydrogen-bond donors (Lipinski definition) is 0. The number of rotatable bonds is 2. The van der Waals surface area contributed by atoms with E-state index in [0.29, 0.717) is 11.5 Å². The molecule has 3 aromatic rings. The summed E-state index contributed by atoms with van der Waals surface area (Å²) in [6.07, 6.45) is 4.03. The van der Waals surface area contributed by atoms with Crippen molar-refractivity contribution >= 4 is 28.4 Å². The van der Waals surface area contributed by atoms with Crippen LogP contribution < -0.4 is 4.90 Å². The summed E-state index contributed by atoms with van der Waals surface area (Å²) < 4.78 is 2.11. The monoisotopic (exact) mass is 387 g/mol. The van der Waals surface area contributed by atoms with E-state index in [1.54, 1.807) is 0 Å². The number of imidazole rings is 1. The SMILES string of the molecule is Cc1cc(N2CCC(C(=O)N3CCCC3)CC2)n2c(nc3ccccc32)c1C#N. The van der Waals surface area contributed by atoms with Crippen LogP contribution in [0.4, 0.5) is 5.82 Å². The Morgan fingerprint density at radius 3 is 2.59 bits per heavy atom. The summed E-state index contributed by atoms with van der Waals surface area (Å²) in [5.74, 6) is 1.55. The van der Waals surface area contributed by atoms with Crippen LogP contribution >= 0.6 is 0 Å². The van der Waals surface area contributed by atoms with Gasteiger partial charge in [0, 0.05) is 32.1 Å². The van der Waals surface area contributed by atoms with Crippen LogP contribution in [0.2, 0.25) is 0 Å². The molecule has 0 atom stereocenters. The Morgan fingerprint density at radius 1 is 1.14 bits per heavy atom. The maximum absolute atomic E-state index is 12.8. The highest BCUT2D eigenvalue weighted by atomic mass is 16.2. The van der Waals surface area contributed by atoms with Crippen LogP contribution in [0.5, 0.6) is 0 Å². The van der Waals surface area contributed by atoms with Crippen molar-refractivity contribution in [3.63, 3.8) is 0 Å². The molecule has 5 rings (SSSR count). The topological polar surface area (TPSA) is 64.6 Å². The molecule has 0 saturated carbocycles. The summed E-state index contributed by atoms with van der Waals surface area (Å²) in [6.45, 7) is 5.52. The molecule has 148 valence electrons. The summed E-state index contributed by atoms with van der Waals surface area (Å²) in [7, 11) is 0. The van der Waals surface area contributed by atoms with Crippen LogP contribution in [-0.4, -0.2) is 46.4 Å². The lowest BCUT2D eigenvalue weighted by atomic mass is 9.95. The predicted molar refractivity (Wildman–Crippen MR) is 113 cm³/mol. The quantitative estimate of drug-likeness (QED) is 0.675. The largest absolute Gasteiger partial charge is 0.358 e. The molecule has 0 radical (unpaired) electrons. The number of hydrogen-bond acceptors (Lipinski definition) is 4. The van der Waals surface area contributed by atoms with Crippen LogP contribution in [-0.2, 0) is 4.79 Å². The van der Waals surface area contributed by atoms with Crippen molar-refractivity contribution in [3.05, 3.63) is 41.5 Å². The fraction of sp³-hybridized carbons (Fsp3) is 0.435. The molecule has 6 heteroatoms. The van der Waals surface area contributed by atoms with Gasteiger partial charge in [-0.05, 0) is 56.4 Å². The van der Waals surface area contributed by atoms with E-state index in [2.05, 4.69) is 27.5 Å². The van der Waals surface area contributed by atoms with E-state index in [-0.39, 0.29) is 5.92 Å². The van der Waals surface area contributed by atoms with Crippen LogP contribution in [0.3, 0.4) is 0 Å². The summed E-state index contributed by atoms with van der Waals surface area (Å²) >= 11 is 0. The first kappa shape index (κ1) is 18.0. The number of piperidine rings is 1. The van der Waals surface area contributed by atoms with Gasteiger partial charge in [0.25, 0.3) is 0 Å². The first-order chi connectivity index (χ1) is 14.2. The molecule has 0 N–H and O–H groups in total. The lowest BCUT2D eigenvalue weighted by Gasteiger charge is -2.35. The highest BCUT2D eigenvalue weighted by Gasteiger charge is 2.31. The van der Waals surface area contributed by atoms with E-state index in [1.807, 2.05) is 30.0 Å². The zero-order chi connectivity index (χ0) is 20.0. The van der Waals surface area contributed by atoms with Gasteiger partial charge in [-0.15, -0.1) is 0 Å². The van der Waals surface area contributed by atoms with Gasteiger partial charge < -0.3 is 9.80 Å². The third-order valence-corrected chi connectivity index (χ3v) is 6.45. The second kappa shape index (κ2) is 7.07. The van der Waals surface area contributed by atoms with E-state index < -0.39 is 0 Å². The molecule has 2 saturated heterocycles. The minimum absolute atomic E-state index is 0.138. The Bertz CT molecular complexity index is 1130. The van der Waals surface area contributed by atoms with E-state index in [1.165, 1.54) is 0 Å². The number of nitrogens with zero attached hydrogens (tertiary/aromatic N) is 5. The summed E-state index contributed by atoms with van der Waals surface area (Å²) in [5.41, 5.74) is 4.21. The van der Waals surface area contributed by atoms with Gasteiger partial charge in [-0.3, -0.25) is 9.20 Å². The average Bonchev–Trinajstić information content (AvgIpc) is 3.41. The molecule has 0 bridgehead atoms. The number of para-hydroxylation sites is 2. The summed E-state index contributed by atoms with van der Waals surface area (Å²) in [5, 5.41) is 9.68. The molecular formula is C23H25N5O. The third kappa shape index (κ3) is 2.93. The van der Waals surface area contributed by atoms with Crippen molar-refractivity contribution in [3.8, 4) is 6.07 Å². The molecule has 0 spiro atoms. The van der Waals surface area contributed by atoms with E-state index in [0.717, 1.165) is 79.9 Å². The maximum Gasteiger partial charge on any atom is 0.225 e. The molecule has 29 heavy (non-hydrogen) atoms. The Morgan fingerprint density at radius 2 is 1.86 bits per heavy atom. The van der Waals surface area contributed by atoms with E-state index in [9.17, 15) is 10.1 Å². The lowest BCUT2D eigenvalue weighted by molar-refractivity contribution is -0.135. The van der Waals surface area contributed by atoms with Gasteiger partial charge in [-0.25, -0.2) is 4.98 Å². The molecule has 0 unspecified atom stereocenters. The van der Waals surface area contributed by atoms with Crippen LogP contribution in [0.15, 0.2) is 30.3 Å². The second-order valence-corrected chi connectivity index (χ2v) is 8.23. The molecular weight excluding hydrogens is 362 g/mol. The highest BCUT2D eigenvalue weighted by Crippen LogP contribution is 2.31. The van der Waals surface area contributed by atoms with Gasteiger partial charge in [0.1, 0.15) is 11.9 Å². The van der Waals surface area contributed by atoms with Gasteiger partial charge in [0.2, 0.25) is 5.91 Å². The van der Waals surface area contributed by atoms with Crippen LogP contribution in [0.25, 0.3) is 16.7 Å². The van der Waals surface area contributed by atoms with Crippen LogP contribution in [0.1, 0.15) is 36.8 Å². The fourth-order valence-corrected chi connectivity index (χ4v) is 4.85. The molecule has 0 aliphatic carbocycles. The average molecular weight is 387 g/mol. The highest BCUT2D eigenvalue weighted by molar-refractivity contribution is 5.85. The van der Waals surface area contributed by atoms with Gasteiger partial charge in [0.15, 0.2) is 5.65 Å². The number of anilines is 1. The number of carbonyl (C=O) groups excluding carboxylic acids is 1. The number of benzene rings is 1. The Labute approximate surface area is 170 Å². The van der Waals surface area contributed by atoms with Gasteiger partial charge >= 0.3 is 0 Å². The predicted octanol–water partition coefficient (Wildman–Crippen LogP) is 3.51. The zero-order valence-electron chi connectivity index (χ0n) is 16.8. The molecule has 2 aliphatic rings. The standard InChI is InChI=1S/C23H25N5O/c1-16-14-21(26-12-8-17(9-13-26)23(29)27-10-4-5-11-27)28-20-7-3-2-6-19(20)25-22(28)18(16)15-24/h2-3,6-7,14,17H,4-5,8-13H2,1H3. The third-order valence-electron chi connectivity index (χ3n) is 6.45. The molecule has 1 aromatic carbocycles. The minimum atomic E-state index is 0.138. The summed E-state index contributed by atoms with van der Waals surface area (Å²) in [4.78, 5) is 21.9. The number of amides is 1. The van der Waals surface area contributed by atoms with Crippen molar-refractivity contribution in [2.45, 2.75) is 32.6 Å². The number of nitriles is 1.